The summed E-state index contributed by atoms with van der Waals surface area (Å²) in [5.41, 5.74) is -0.401. The molecule has 1 aliphatic rings. The summed E-state index contributed by atoms with van der Waals surface area (Å²) in [4.78, 5) is 13.5. The van der Waals surface area contributed by atoms with Crippen molar-refractivity contribution in [2.75, 3.05) is 19.6 Å². The minimum Gasteiger partial charge on any atom is -0.444 e. The molecular weight excluding hydrogens is 228 g/mol. The van der Waals surface area contributed by atoms with Gasteiger partial charge in [-0.3, -0.25) is 0 Å². The molecule has 0 radical (unpaired) electrons. The first-order valence-corrected chi connectivity index (χ1v) is 6.90. The summed E-state index contributed by atoms with van der Waals surface area (Å²) in [6.45, 7) is 15.0. The number of carbonyl (C=O) groups excluding carboxylic acids is 1. The molecular formula is C14H28N2O2. The number of nitrogens with one attached hydrogen (secondary N) is 1. The highest BCUT2D eigenvalue weighted by molar-refractivity contribution is 5.69. The van der Waals surface area contributed by atoms with E-state index < -0.39 is 5.60 Å². The van der Waals surface area contributed by atoms with Gasteiger partial charge in [0.25, 0.3) is 0 Å². The van der Waals surface area contributed by atoms with Gasteiger partial charge in [0.1, 0.15) is 5.60 Å². The Hall–Kier alpha value is -0.770. The molecule has 1 heterocycles. The molecule has 4 nitrogen and oxygen atoms in total. The first kappa shape index (κ1) is 15.3. The largest absolute Gasteiger partial charge is 0.444 e. The van der Waals surface area contributed by atoms with Gasteiger partial charge in [-0.1, -0.05) is 20.8 Å². The summed E-state index contributed by atoms with van der Waals surface area (Å²) in [6, 6.07) is 0.429. The Bertz CT molecular complexity index is 278. The zero-order valence-corrected chi connectivity index (χ0v) is 12.6. The molecule has 0 aromatic rings. The highest BCUT2D eigenvalue weighted by Crippen LogP contribution is 2.16. The number of rotatable bonds is 4. The quantitative estimate of drug-likeness (QED) is 0.840. The van der Waals surface area contributed by atoms with E-state index in [0.717, 1.165) is 19.6 Å². The standard InChI is InChI=1S/C14H28N2O2/c1-10(2)11(3)7-15-12-8-16(9-12)13(17)18-14(4,5)6/h10-12,15H,7-9H2,1-6H3. The van der Waals surface area contributed by atoms with Crippen molar-refractivity contribution in [3.8, 4) is 0 Å². The van der Waals surface area contributed by atoms with Gasteiger partial charge in [-0.15, -0.1) is 0 Å². The molecule has 1 unspecified atom stereocenters. The fraction of sp³-hybridized carbons (Fsp3) is 0.929. The van der Waals surface area contributed by atoms with E-state index in [-0.39, 0.29) is 6.09 Å². The first-order chi connectivity index (χ1) is 8.19. The smallest absolute Gasteiger partial charge is 0.410 e. The van der Waals surface area contributed by atoms with Crippen LogP contribution in [0.3, 0.4) is 0 Å². The van der Waals surface area contributed by atoms with Crippen molar-refractivity contribution in [1.82, 2.24) is 10.2 Å². The van der Waals surface area contributed by atoms with E-state index in [1.165, 1.54) is 0 Å². The fourth-order valence-electron chi connectivity index (χ4n) is 1.67. The Kier molecular flexibility index (Phi) is 5.02. The number of hydrogen-bond acceptors (Lipinski definition) is 3. The van der Waals surface area contributed by atoms with E-state index >= 15 is 0 Å². The van der Waals surface area contributed by atoms with Crippen LogP contribution in [0.25, 0.3) is 0 Å². The van der Waals surface area contributed by atoms with E-state index in [9.17, 15) is 4.79 Å². The van der Waals surface area contributed by atoms with Crippen LogP contribution < -0.4 is 5.32 Å². The third-order valence-corrected chi connectivity index (χ3v) is 3.40. The van der Waals surface area contributed by atoms with E-state index in [2.05, 4.69) is 26.1 Å². The molecule has 1 saturated heterocycles. The van der Waals surface area contributed by atoms with Gasteiger partial charge in [0.2, 0.25) is 0 Å². The van der Waals surface area contributed by atoms with Gasteiger partial charge in [0, 0.05) is 19.1 Å². The second kappa shape index (κ2) is 5.91. The molecule has 0 spiro atoms. The van der Waals surface area contributed by atoms with Crippen LogP contribution in [0, 0.1) is 11.8 Å². The van der Waals surface area contributed by atoms with Gasteiger partial charge in [-0.25, -0.2) is 4.79 Å². The van der Waals surface area contributed by atoms with Gasteiger partial charge in [-0.05, 0) is 39.2 Å². The molecule has 0 aromatic heterocycles. The number of likely N-dealkylation sites (tertiary alicyclic amines) is 1. The van der Waals surface area contributed by atoms with Crippen molar-refractivity contribution in [3.05, 3.63) is 0 Å². The summed E-state index contributed by atoms with van der Waals surface area (Å²) in [5, 5.41) is 3.50. The molecule has 1 fully saturated rings. The van der Waals surface area contributed by atoms with Crippen molar-refractivity contribution in [2.24, 2.45) is 11.8 Å². The van der Waals surface area contributed by atoms with Crippen LogP contribution in [0.1, 0.15) is 41.5 Å². The normalized spacial score (nSPS) is 18.7. The molecule has 1 atom stereocenters. The summed E-state index contributed by atoms with van der Waals surface area (Å²) in [7, 11) is 0. The number of amides is 1. The van der Waals surface area contributed by atoms with Gasteiger partial charge in [0.05, 0.1) is 0 Å². The van der Waals surface area contributed by atoms with Crippen LogP contribution in [0.15, 0.2) is 0 Å². The Balaban J connectivity index is 2.18. The minimum atomic E-state index is -0.401. The molecule has 0 aliphatic carbocycles. The average molecular weight is 256 g/mol. The second-order valence-electron chi connectivity index (χ2n) is 6.71. The lowest BCUT2D eigenvalue weighted by molar-refractivity contribution is 0.00491. The van der Waals surface area contributed by atoms with Gasteiger partial charge in [0.15, 0.2) is 0 Å². The average Bonchev–Trinajstić information content (AvgIpc) is 2.11. The maximum atomic E-state index is 11.7. The third kappa shape index (κ3) is 4.84. The van der Waals surface area contributed by atoms with E-state index in [1.54, 1.807) is 4.90 Å². The predicted molar refractivity (Wildman–Crippen MR) is 73.6 cm³/mol. The lowest BCUT2D eigenvalue weighted by Gasteiger charge is -2.40. The molecule has 1 aliphatic heterocycles. The topological polar surface area (TPSA) is 41.6 Å². The maximum Gasteiger partial charge on any atom is 0.410 e. The number of nitrogens with zero attached hydrogens (tertiary/aromatic N) is 1. The van der Waals surface area contributed by atoms with Crippen molar-refractivity contribution < 1.29 is 9.53 Å². The lowest BCUT2D eigenvalue weighted by Crippen LogP contribution is -2.61. The van der Waals surface area contributed by atoms with Crippen LogP contribution in [0.2, 0.25) is 0 Å². The molecule has 4 heteroatoms. The molecule has 18 heavy (non-hydrogen) atoms. The summed E-state index contributed by atoms with van der Waals surface area (Å²) >= 11 is 0. The zero-order chi connectivity index (χ0) is 13.9. The highest BCUT2D eigenvalue weighted by Gasteiger charge is 2.33. The molecule has 106 valence electrons. The Morgan fingerprint density at radius 1 is 1.33 bits per heavy atom. The van der Waals surface area contributed by atoms with Crippen LogP contribution in [-0.2, 0) is 4.74 Å². The third-order valence-electron chi connectivity index (χ3n) is 3.40. The molecule has 0 aromatic carbocycles. The molecule has 1 amide bonds. The summed E-state index contributed by atoms with van der Waals surface area (Å²) in [5.74, 6) is 1.36. The number of ether oxygens (including phenoxy) is 1. The van der Waals surface area contributed by atoms with Crippen LogP contribution in [-0.4, -0.2) is 42.3 Å². The van der Waals surface area contributed by atoms with E-state index in [0.29, 0.717) is 17.9 Å². The zero-order valence-electron chi connectivity index (χ0n) is 12.6. The lowest BCUT2D eigenvalue weighted by atomic mass is 9.97. The highest BCUT2D eigenvalue weighted by atomic mass is 16.6. The summed E-state index contributed by atoms with van der Waals surface area (Å²) < 4.78 is 5.31. The van der Waals surface area contributed by atoms with Crippen molar-refractivity contribution in [3.63, 3.8) is 0 Å². The van der Waals surface area contributed by atoms with Gasteiger partial charge >= 0.3 is 6.09 Å². The number of hydrogen-bond donors (Lipinski definition) is 1. The van der Waals surface area contributed by atoms with E-state index in [4.69, 9.17) is 4.74 Å². The molecule has 1 N–H and O–H groups in total. The fourth-order valence-corrected chi connectivity index (χ4v) is 1.67. The molecule has 0 bridgehead atoms. The second-order valence-corrected chi connectivity index (χ2v) is 6.71. The van der Waals surface area contributed by atoms with Crippen LogP contribution in [0.4, 0.5) is 4.79 Å². The van der Waals surface area contributed by atoms with Crippen LogP contribution >= 0.6 is 0 Å². The van der Waals surface area contributed by atoms with Crippen molar-refractivity contribution >= 4 is 6.09 Å². The maximum absolute atomic E-state index is 11.7. The molecule has 1 rings (SSSR count). The predicted octanol–water partition coefficient (Wildman–Crippen LogP) is 2.49. The molecule has 0 saturated carbocycles. The SMILES string of the molecule is CC(C)C(C)CNC1CN(C(=O)OC(C)(C)C)C1. The first-order valence-electron chi connectivity index (χ1n) is 6.90. The monoisotopic (exact) mass is 256 g/mol. The van der Waals surface area contributed by atoms with Crippen molar-refractivity contribution in [1.29, 1.82) is 0 Å². The number of carbonyl (C=O) groups is 1. The minimum absolute atomic E-state index is 0.197. The Labute approximate surface area is 111 Å². The summed E-state index contributed by atoms with van der Waals surface area (Å²) in [6.07, 6.45) is -0.197. The van der Waals surface area contributed by atoms with Crippen molar-refractivity contribution in [2.45, 2.75) is 53.2 Å². The van der Waals surface area contributed by atoms with Gasteiger partial charge in [-0.2, -0.15) is 0 Å². The Morgan fingerprint density at radius 3 is 2.33 bits per heavy atom. The Morgan fingerprint density at radius 2 is 1.89 bits per heavy atom. The van der Waals surface area contributed by atoms with Crippen LogP contribution in [0.5, 0.6) is 0 Å². The van der Waals surface area contributed by atoms with E-state index in [1.807, 2.05) is 20.8 Å². The van der Waals surface area contributed by atoms with Gasteiger partial charge < -0.3 is 15.0 Å².